The van der Waals surface area contributed by atoms with Crippen molar-refractivity contribution in [2.75, 3.05) is 18.0 Å². The number of hydrogen-bond donors (Lipinski definition) is 0. The van der Waals surface area contributed by atoms with Crippen molar-refractivity contribution in [3.8, 4) is 0 Å². The van der Waals surface area contributed by atoms with Crippen LogP contribution in [-0.2, 0) is 25.5 Å². The highest BCUT2D eigenvalue weighted by atomic mass is 19.1. The van der Waals surface area contributed by atoms with E-state index in [4.69, 9.17) is 4.74 Å². The summed E-state index contributed by atoms with van der Waals surface area (Å²) in [6, 6.07) is 10.2. The molecule has 2 aromatic carbocycles. The molecule has 156 valence electrons. The van der Waals surface area contributed by atoms with E-state index < -0.39 is 29.4 Å². The van der Waals surface area contributed by atoms with Gasteiger partial charge in [0.1, 0.15) is 11.6 Å². The molecule has 0 aliphatic carbocycles. The first-order valence-electron chi connectivity index (χ1n) is 9.44. The molecule has 6 nitrogen and oxygen atoms in total. The van der Waals surface area contributed by atoms with Crippen molar-refractivity contribution < 1.29 is 27.9 Å². The smallest absolute Gasteiger partial charge is 0.315 e. The fraction of sp³-hybridized carbons (Fsp3) is 0.227. The van der Waals surface area contributed by atoms with Crippen molar-refractivity contribution in [2.45, 2.75) is 20.3 Å². The van der Waals surface area contributed by atoms with Crippen LogP contribution in [0.3, 0.4) is 0 Å². The number of nitrogens with zero attached hydrogens (tertiary/aromatic N) is 2. The summed E-state index contributed by atoms with van der Waals surface area (Å²) in [6.45, 7) is 4.40. The molecular formula is C22H20F2N2O4. The van der Waals surface area contributed by atoms with Gasteiger partial charge in [-0.1, -0.05) is 12.1 Å². The average molecular weight is 414 g/mol. The number of carbonyl (C=O) groups excluding carboxylic acids is 3. The Morgan fingerprint density at radius 2 is 1.43 bits per heavy atom. The maximum atomic E-state index is 13.3. The highest BCUT2D eigenvalue weighted by Gasteiger charge is 2.44. The van der Waals surface area contributed by atoms with Crippen molar-refractivity contribution in [2.24, 2.45) is 0 Å². The molecule has 1 aliphatic heterocycles. The van der Waals surface area contributed by atoms with Crippen molar-refractivity contribution in [3.63, 3.8) is 0 Å². The predicted octanol–water partition coefficient (Wildman–Crippen LogP) is 3.18. The van der Waals surface area contributed by atoms with E-state index >= 15 is 0 Å². The normalized spacial score (nSPS) is 13.8. The number of carbonyl (C=O) groups is 3. The van der Waals surface area contributed by atoms with Gasteiger partial charge in [0.25, 0.3) is 5.91 Å². The summed E-state index contributed by atoms with van der Waals surface area (Å²) in [5, 5.41) is 0. The third kappa shape index (κ3) is 4.22. The van der Waals surface area contributed by atoms with E-state index in [1.807, 2.05) is 0 Å². The molecule has 0 saturated carbocycles. The van der Waals surface area contributed by atoms with Crippen molar-refractivity contribution in [1.82, 2.24) is 4.90 Å². The van der Waals surface area contributed by atoms with E-state index in [9.17, 15) is 23.2 Å². The van der Waals surface area contributed by atoms with Crippen molar-refractivity contribution in [3.05, 3.63) is 77.2 Å². The minimum atomic E-state index is -0.805. The lowest BCUT2D eigenvalue weighted by molar-refractivity contribution is -0.141. The number of ether oxygens (including phenoxy) is 1. The van der Waals surface area contributed by atoms with E-state index in [-0.39, 0.29) is 23.6 Å². The number of halogens is 2. The number of anilines is 1. The summed E-state index contributed by atoms with van der Waals surface area (Å²) in [5.41, 5.74) is 0.640. The van der Waals surface area contributed by atoms with Crippen LogP contribution < -0.4 is 4.90 Å². The highest BCUT2D eigenvalue weighted by Crippen LogP contribution is 2.30. The molecule has 0 N–H and O–H groups in total. The minimum absolute atomic E-state index is 0.0261. The van der Waals surface area contributed by atoms with E-state index in [1.165, 1.54) is 36.4 Å². The van der Waals surface area contributed by atoms with Crippen molar-refractivity contribution >= 4 is 23.5 Å². The number of imide groups is 1. The third-order valence-electron chi connectivity index (χ3n) is 4.66. The molecule has 0 unspecified atom stereocenters. The lowest BCUT2D eigenvalue weighted by atomic mass is 10.1. The van der Waals surface area contributed by atoms with Gasteiger partial charge in [-0.25, -0.2) is 13.7 Å². The van der Waals surface area contributed by atoms with Gasteiger partial charge in [-0.15, -0.1) is 0 Å². The van der Waals surface area contributed by atoms with E-state index in [1.54, 1.807) is 18.7 Å². The Kier molecular flexibility index (Phi) is 6.25. The van der Waals surface area contributed by atoms with Gasteiger partial charge < -0.3 is 9.64 Å². The third-order valence-corrected chi connectivity index (χ3v) is 4.66. The number of esters is 1. The summed E-state index contributed by atoms with van der Waals surface area (Å²) in [7, 11) is 0. The summed E-state index contributed by atoms with van der Waals surface area (Å²) < 4.78 is 31.6. The van der Waals surface area contributed by atoms with Crippen LogP contribution in [0.4, 0.5) is 14.5 Å². The van der Waals surface area contributed by atoms with Crippen LogP contribution in [0.15, 0.2) is 60.0 Å². The van der Waals surface area contributed by atoms with Crippen LogP contribution in [0.2, 0.25) is 0 Å². The average Bonchev–Trinajstić information content (AvgIpc) is 2.96. The van der Waals surface area contributed by atoms with E-state index in [2.05, 4.69) is 0 Å². The first-order chi connectivity index (χ1) is 14.3. The maximum Gasteiger partial charge on any atom is 0.315 e. The number of amides is 2. The molecule has 2 amide bonds. The first-order valence-corrected chi connectivity index (χ1v) is 9.44. The molecule has 0 radical (unpaired) electrons. The SMILES string of the molecule is CCN(CC)C1=C(OC(=O)Cc2ccc(F)cc2)C(=O)N(c2ccc(F)cc2)C1=O. The van der Waals surface area contributed by atoms with Gasteiger partial charge >= 0.3 is 11.9 Å². The van der Waals surface area contributed by atoms with E-state index in [0.717, 1.165) is 17.0 Å². The summed E-state index contributed by atoms with van der Waals surface area (Å²) in [5.74, 6) is -3.55. The Morgan fingerprint density at radius 1 is 0.900 bits per heavy atom. The van der Waals surface area contributed by atoms with Crippen LogP contribution >= 0.6 is 0 Å². The Morgan fingerprint density at radius 3 is 1.97 bits per heavy atom. The van der Waals surface area contributed by atoms with Gasteiger partial charge in [0.15, 0.2) is 5.70 Å². The van der Waals surface area contributed by atoms with Gasteiger partial charge in [0, 0.05) is 13.1 Å². The Labute approximate surface area is 172 Å². The van der Waals surface area contributed by atoms with Crippen LogP contribution in [0, 0.1) is 11.6 Å². The molecule has 1 heterocycles. The molecule has 8 heteroatoms. The maximum absolute atomic E-state index is 13.3. The lowest BCUT2D eigenvalue weighted by Crippen LogP contribution is -2.35. The van der Waals surface area contributed by atoms with Crippen LogP contribution in [0.25, 0.3) is 0 Å². The molecule has 0 aromatic heterocycles. The fourth-order valence-corrected chi connectivity index (χ4v) is 3.15. The first kappa shape index (κ1) is 21.2. The zero-order valence-electron chi connectivity index (χ0n) is 16.5. The van der Waals surface area contributed by atoms with Gasteiger partial charge in [-0.05, 0) is 55.8 Å². The Hall–Kier alpha value is -3.55. The number of rotatable bonds is 7. The van der Waals surface area contributed by atoms with Crippen LogP contribution in [0.5, 0.6) is 0 Å². The van der Waals surface area contributed by atoms with Crippen molar-refractivity contribution in [1.29, 1.82) is 0 Å². The lowest BCUT2D eigenvalue weighted by Gasteiger charge is -2.22. The molecule has 0 spiro atoms. The van der Waals surface area contributed by atoms with Gasteiger partial charge in [0.05, 0.1) is 12.1 Å². The monoisotopic (exact) mass is 414 g/mol. The number of benzene rings is 2. The molecule has 3 rings (SSSR count). The van der Waals surface area contributed by atoms with Gasteiger partial charge in [-0.2, -0.15) is 0 Å². The summed E-state index contributed by atoms with van der Waals surface area (Å²) in [6.07, 6.45) is -0.201. The Bertz CT molecular complexity index is 997. The van der Waals surface area contributed by atoms with Crippen LogP contribution in [0.1, 0.15) is 19.4 Å². The molecule has 0 atom stereocenters. The Balaban J connectivity index is 1.91. The zero-order chi connectivity index (χ0) is 21.8. The minimum Gasteiger partial charge on any atom is -0.418 e. The van der Waals surface area contributed by atoms with E-state index in [0.29, 0.717) is 18.7 Å². The molecule has 2 aromatic rings. The molecule has 30 heavy (non-hydrogen) atoms. The molecule has 0 saturated heterocycles. The van der Waals surface area contributed by atoms with Gasteiger partial charge in [-0.3, -0.25) is 14.4 Å². The zero-order valence-corrected chi connectivity index (χ0v) is 16.5. The quantitative estimate of drug-likeness (QED) is 0.514. The second-order valence-electron chi connectivity index (χ2n) is 6.55. The summed E-state index contributed by atoms with van der Waals surface area (Å²) in [4.78, 5) is 40.9. The molecular weight excluding hydrogens is 394 g/mol. The van der Waals surface area contributed by atoms with Gasteiger partial charge in [0.2, 0.25) is 5.76 Å². The summed E-state index contributed by atoms with van der Waals surface area (Å²) >= 11 is 0. The van der Waals surface area contributed by atoms with Crippen LogP contribution in [-0.4, -0.2) is 35.8 Å². The number of likely N-dealkylation sites (N-methyl/N-ethyl adjacent to an activating group) is 1. The standard InChI is InChI=1S/C22H20F2N2O4/c1-3-25(4-2)19-20(30-18(27)13-14-5-7-15(23)8-6-14)22(29)26(21(19)28)17-11-9-16(24)10-12-17/h5-12H,3-4,13H2,1-2H3. The highest BCUT2D eigenvalue weighted by molar-refractivity contribution is 6.32. The second kappa shape index (κ2) is 8.86. The topological polar surface area (TPSA) is 66.9 Å². The predicted molar refractivity (Wildman–Crippen MR) is 105 cm³/mol. The second-order valence-corrected chi connectivity index (χ2v) is 6.55. The molecule has 0 fully saturated rings. The fourth-order valence-electron chi connectivity index (χ4n) is 3.15. The molecule has 0 bridgehead atoms. The largest absolute Gasteiger partial charge is 0.418 e. The number of hydrogen-bond acceptors (Lipinski definition) is 5. The molecule has 1 aliphatic rings.